The zero-order valence-corrected chi connectivity index (χ0v) is 29.2. The van der Waals surface area contributed by atoms with Crippen molar-refractivity contribution in [3.63, 3.8) is 0 Å². The molecule has 4 aliphatic heterocycles. The minimum absolute atomic E-state index is 0.0130. The minimum Gasteiger partial charge on any atom is -0.458 e. The summed E-state index contributed by atoms with van der Waals surface area (Å²) < 4.78 is 6.68. The van der Waals surface area contributed by atoms with Crippen molar-refractivity contribution >= 4 is 97.5 Å². The minimum atomic E-state index is -0.0444. The molecule has 0 N–H and O–H groups in total. The van der Waals surface area contributed by atoms with Crippen LogP contribution in [0.15, 0.2) is 182 Å². The lowest BCUT2D eigenvalue weighted by Crippen LogP contribution is -2.64. The zero-order chi connectivity index (χ0) is 35.3. The number of anilines is 9. The third-order valence-electron chi connectivity index (χ3n) is 11.5. The Morgan fingerprint density at radius 1 is 0.370 bits per heavy atom. The van der Waals surface area contributed by atoms with E-state index in [4.69, 9.17) is 9.72 Å². The SMILES string of the molecule is c1ccc(N2c3cc4c(cc3B3c5ccccc5Oc5cccc2c53)B2c3ccccc3N(c3ccccc3)c3ccnc(c32)N4c2ccccc2)cc1. The summed E-state index contributed by atoms with van der Waals surface area (Å²) in [6.07, 6.45) is 1.97. The molecule has 250 valence electrons. The maximum Gasteiger partial charge on any atom is 0.256 e. The molecule has 0 fully saturated rings. The summed E-state index contributed by atoms with van der Waals surface area (Å²) in [5, 5.41) is 0. The number of rotatable bonds is 3. The zero-order valence-electron chi connectivity index (χ0n) is 29.2. The first-order chi connectivity index (χ1) is 26.8. The Kier molecular flexibility index (Phi) is 6.17. The normalized spacial score (nSPS) is 13.9. The molecule has 7 heteroatoms. The Balaban J connectivity index is 1.20. The van der Waals surface area contributed by atoms with Gasteiger partial charge in [0.05, 0.1) is 0 Å². The molecule has 0 saturated heterocycles. The molecule has 4 aliphatic rings. The first-order valence-electron chi connectivity index (χ1n) is 18.5. The molecule has 0 saturated carbocycles. The molecule has 7 aromatic carbocycles. The van der Waals surface area contributed by atoms with E-state index in [0.717, 1.165) is 57.1 Å². The second kappa shape index (κ2) is 11.3. The van der Waals surface area contributed by atoms with Crippen LogP contribution in [0.4, 0.5) is 51.3 Å². The van der Waals surface area contributed by atoms with Gasteiger partial charge in [-0.1, -0.05) is 103 Å². The third-order valence-corrected chi connectivity index (χ3v) is 11.5. The first-order valence-corrected chi connectivity index (χ1v) is 18.5. The van der Waals surface area contributed by atoms with Gasteiger partial charge >= 0.3 is 0 Å². The van der Waals surface area contributed by atoms with E-state index < -0.39 is 0 Å². The summed E-state index contributed by atoms with van der Waals surface area (Å²) in [6, 6.07) is 63.2. The average molecular weight is 688 g/mol. The van der Waals surface area contributed by atoms with Gasteiger partial charge in [0.1, 0.15) is 17.3 Å². The Morgan fingerprint density at radius 3 is 1.61 bits per heavy atom. The Morgan fingerprint density at radius 2 is 0.889 bits per heavy atom. The number of aromatic nitrogens is 1. The summed E-state index contributed by atoms with van der Waals surface area (Å²) in [4.78, 5) is 12.5. The second-order valence-corrected chi connectivity index (χ2v) is 14.3. The van der Waals surface area contributed by atoms with Crippen molar-refractivity contribution in [2.45, 2.75) is 0 Å². The smallest absolute Gasteiger partial charge is 0.256 e. The molecule has 0 amide bonds. The molecule has 5 nitrogen and oxygen atoms in total. The number of hydrogen-bond acceptors (Lipinski definition) is 5. The van der Waals surface area contributed by atoms with Gasteiger partial charge in [-0.25, -0.2) is 4.98 Å². The largest absolute Gasteiger partial charge is 0.458 e. The molecular formula is C47H30B2N4O. The van der Waals surface area contributed by atoms with Gasteiger partial charge < -0.3 is 14.5 Å². The van der Waals surface area contributed by atoms with Crippen molar-refractivity contribution in [2.24, 2.45) is 0 Å². The number of benzene rings is 7. The van der Waals surface area contributed by atoms with Crippen LogP contribution in [0.1, 0.15) is 0 Å². The van der Waals surface area contributed by atoms with Gasteiger partial charge in [-0.2, -0.15) is 0 Å². The van der Waals surface area contributed by atoms with Gasteiger partial charge in [-0.15, -0.1) is 0 Å². The summed E-state index contributed by atoms with van der Waals surface area (Å²) in [6.45, 7) is -0.0574. The van der Waals surface area contributed by atoms with E-state index in [1.807, 2.05) is 6.20 Å². The fraction of sp³-hybridized carbons (Fsp3) is 0. The fourth-order valence-corrected chi connectivity index (χ4v) is 9.42. The van der Waals surface area contributed by atoms with Gasteiger partial charge in [0.15, 0.2) is 0 Å². The molecule has 0 unspecified atom stereocenters. The molecule has 0 radical (unpaired) electrons. The summed E-state index contributed by atoms with van der Waals surface area (Å²) in [5.41, 5.74) is 16.4. The van der Waals surface area contributed by atoms with Crippen LogP contribution < -0.4 is 52.2 Å². The maximum absolute atomic E-state index is 6.68. The van der Waals surface area contributed by atoms with Crippen LogP contribution in [0.2, 0.25) is 0 Å². The topological polar surface area (TPSA) is 31.8 Å². The number of pyridine rings is 1. The second-order valence-electron chi connectivity index (χ2n) is 14.3. The Bertz CT molecular complexity index is 2800. The number of fused-ring (bicyclic) bond motifs is 8. The molecule has 0 aliphatic carbocycles. The monoisotopic (exact) mass is 688 g/mol. The van der Waals surface area contributed by atoms with Crippen LogP contribution >= 0.6 is 0 Å². The Labute approximate surface area is 314 Å². The lowest BCUT2D eigenvalue weighted by molar-refractivity contribution is 0.487. The predicted molar refractivity (Wildman–Crippen MR) is 224 cm³/mol. The van der Waals surface area contributed by atoms with Crippen LogP contribution in [0, 0.1) is 0 Å². The number of para-hydroxylation sites is 5. The number of hydrogen-bond donors (Lipinski definition) is 0. The molecule has 8 aromatic rings. The van der Waals surface area contributed by atoms with E-state index in [-0.39, 0.29) is 13.4 Å². The fourth-order valence-electron chi connectivity index (χ4n) is 9.42. The third kappa shape index (κ3) is 4.04. The van der Waals surface area contributed by atoms with E-state index in [1.165, 1.54) is 38.5 Å². The predicted octanol–water partition coefficient (Wildman–Crippen LogP) is 7.57. The maximum atomic E-state index is 6.68. The summed E-state index contributed by atoms with van der Waals surface area (Å²) in [7, 11) is 0. The van der Waals surface area contributed by atoms with Crippen LogP contribution in [0.25, 0.3) is 0 Å². The van der Waals surface area contributed by atoms with Crippen molar-refractivity contribution in [2.75, 3.05) is 14.7 Å². The van der Waals surface area contributed by atoms with Crippen LogP contribution in [0.3, 0.4) is 0 Å². The molecule has 0 spiro atoms. The van der Waals surface area contributed by atoms with E-state index in [2.05, 4.69) is 191 Å². The van der Waals surface area contributed by atoms with E-state index >= 15 is 0 Å². The standard InChI is InChI=1S/C47H30B2N4O/c1-4-15-31(16-5-1)51-38-23-12-10-21-34(38)48-37-29-36-41(30-42(37)53(33-19-8-3-9-20-33)47-46(48)40(51)27-28-50-47)52(32-17-6-2-7-18-32)39-24-14-26-44-45(39)49(36)35-22-11-13-25-43(35)54-44/h1-30H. The van der Waals surface area contributed by atoms with Crippen LogP contribution in [-0.2, 0) is 0 Å². The highest BCUT2D eigenvalue weighted by molar-refractivity contribution is 7.02. The van der Waals surface area contributed by atoms with Gasteiger partial charge in [-0.3, -0.25) is 4.90 Å². The van der Waals surface area contributed by atoms with E-state index in [9.17, 15) is 0 Å². The van der Waals surface area contributed by atoms with Crippen LogP contribution in [-0.4, -0.2) is 18.4 Å². The van der Waals surface area contributed by atoms with Gasteiger partial charge in [0.2, 0.25) is 0 Å². The lowest BCUT2D eigenvalue weighted by Gasteiger charge is -2.45. The summed E-state index contributed by atoms with van der Waals surface area (Å²) in [5.74, 6) is 2.77. The van der Waals surface area contributed by atoms with Crippen LogP contribution in [0.5, 0.6) is 11.5 Å². The molecule has 54 heavy (non-hydrogen) atoms. The quantitative estimate of drug-likeness (QED) is 0.179. The molecule has 1 aromatic heterocycles. The molecule has 5 heterocycles. The van der Waals surface area contributed by atoms with Gasteiger partial charge in [0, 0.05) is 51.7 Å². The molecule has 0 atom stereocenters. The molecule has 12 rings (SSSR count). The van der Waals surface area contributed by atoms with Crippen molar-refractivity contribution < 1.29 is 4.74 Å². The van der Waals surface area contributed by atoms with E-state index in [0.29, 0.717) is 0 Å². The lowest BCUT2D eigenvalue weighted by atomic mass is 9.30. The van der Waals surface area contributed by atoms with Gasteiger partial charge in [0.25, 0.3) is 13.4 Å². The van der Waals surface area contributed by atoms with Crippen molar-refractivity contribution in [3.05, 3.63) is 182 Å². The van der Waals surface area contributed by atoms with Gasteiger partial charge in [-0.05, 0) is 106 Å². The molecular weight excluding hydrogens is 658 g/mol. The summed E-state index contributed by atoms with van der Waals surface area (Å²) >= 11 is 0. The number of ether oxygens (including phenoxy) is 1. The highest BCUT2D eigenvalue weighted by atomic mass is 16.5. The first kappa shape index (κ1) is 29.6. The highest BCUT2D eigenvalue weighted by Gasteiger charge is 2.47. The van der Waals surface area contributed by atoms with Crippen molar-refractivity contribution in [1.82, 2.24) is 4.98 Å². The average Bonchev–Trinajstić information content (AvgIpc) is 3.24. The highest BCUT2D eigenvalue weighted by Crippen LogP contribution is 2.46. The Hall–Kier alpha value is -6.98. The number of nitrogens with zero attached hydrogens (tertiary/aromatic N) is 4. The molecule has 0 bridgehead atoms. The van der Waals surface area contributed by atoms with Crippen molar-refractivity contribution in [3.8, 4) is 11.5 Å². The van der Waals surface area contributed by atoms with Crippen molar-refractivity contribution in [1.29, 1.82) is 0 Å². The van der Waals surface area contributed by atoms with E-state index in [1.54, 1.807) is 0 Å².